The van der Waals surface area contributed by atoms with Gasteiger partial charge in [0.1, 0.15) is 0 Å². The van der Waals surface area contributed by atoms with Crippen molar-refractivity contribution in [2.24, 2.45) is 0 Å². The van der Waals surface area contributed by atoms with Crippen molar-refractivity contribution >= 4 is 32.7 Å². The van der Waals surface area contributed by atoms with Gasteiger partial charge in [0.2, 0.25) is 0 Å². The van der Waals surface area contributed by atoms with Crippen LogP contribution >= 0.6 is 15.9 Å². The first-order valence-corrected chi connectivity index (χ1v) is 6.57. The lowest BCUT2D eigenvalue weighted by atomic mass is 10.2. The zero-order valence-corrected chi connectivity index (χ0v) is 11.6. The molecule has 0 aliphatic rings. The molecule has 0 radical (unpaired) electrons. The standard InChI is InChI=1S/C14H11BrN2O2/c15-11-4-2-1-3-9(11)8-17-12-6-5-10(16)7-13(12)19-14(17)18/h1-7H,8,16H2. The highest BCUT2D eigenvalue weighted by molar-refractivity contribution is 9.10. The number of rotatable bonds is 2. The molecular weight excluding hydrogens is 308 g/mol. The third kappa shape index (κ3) is 2.17. The summed E-state index contributed by atoms with van der Waals surface area (Å²) in [5.74, 6) is -0.378. The van der Waals surface area contributed by atoms with Crippen molar-refractivity contribution in [1.82, 2.24) is 4.57 Å². The highest BCUT2D eigenvalue weighted by Crippen LogP contribution is 2.20. The monoisotopic (exact) mass is 318 g/mol. The van der Waals surface area contributed by atoms with Gasteiger partial charge in [-0.1, -0.05) is 34.1 Å². The lowest BCUT2D eigenvalue weighted by molar-refractivity contribution is 0.517. The number of halogens is 1. The van der Waals surface area contributed by atoms with Gasteiger partial charge in [-0.25, -0.2) is 4.79 Å². The summed E-state index contributed by atoms with van der Waals surface area (Å²) in [6, 6.07) is 13.0. The molecule has 0 spiro atoms. The number of fused-ring (bicyclic) bond motifs is 1. The minimum absolute atomic E-state index is 0.378. The van der Waals surface area contributed by atoms with Gasteiger partial charge in [-0.3, -0.25) is 4.57 Å². The molecule has 96 valence electrons. The number of hydrogen-bond donors (Lipinski definition) is 1. The van der Waals surface area contributed by atoms with Crippen LogP contribution in [0, 0.1) is 0 Å². The highest BCUT2D eigenvalue weighted by atomic mass is 79.9. The van der Waals surface area contributed by atoms with Crippen LogP contribution in [0.4, 0.5) is 5.69 Å². The number of oxazole rings is 1. The van der Waals surface area contributed by atoms with Gasteiger partial charge >= 0.3 is 5.76 Å². The van der Waals surface area contributed by atoms with Crippen LogP contribution in [0.25, 0.3) is 11.1 Å². The maximum Gasteiger partial charge on any atom is 0.420 e. The maximum atomic E-state index is 11.9. The molecule has 0 aliphatic heterocycles. The van der Waals surface area contributed by atoms with Gasteiger partial charge in [-0.15, -0.1) is 0 Å². The van der Waals surface area contributed by atoms with E-state index in [2.05, 4.69) is 15.9 Å². The van der Waals surface area contributed by atoms with Crippen molar-refractivity contribution < 1.29 is 4.42 Å². The van der Waals surface area contributed by atoms with Gasteiger partial charge in [-0.2, -0.15) is 0 Å². The van der Waals surface area contributed by atoms with Crippen LogP contribution in [0.1, 0.15) is 5.56 Å². The fourth-order valence-electron chi connectivity index (χ4n) is 2.03. The fraction of sp³-hybridized carbons (Fsp3) is 0.0714. The van der Waals surface area contributed by atoms with E-state index in [4.69, 9.17) is 10.2 Å². The van der Waals surface area contributed by atoms with Crippen LogP contribution in [0.3, 0.4) is 0 Å². The summed E-state index contributed by atoms with van der Waals surface area (Å²) in [5.41, 5.74) is 8.53. The maximum absolute atomic E-state index is 11.9. The Kier molecular flexibility index (Phi) is 2.91. The Labute approximate surface area is 117 Å². The largest absolute Gasteiger partial charge is 0.420 e. The first-order chi connectivity index (χ1) is 9.15. The van der Waals surface area contributed by atoms with Gasteiger partial charge in [0.05, 0.1) is 12.1 Å². The average Bonchev–Trinajstić information content (AvgIpc) is 2.68. The third-order valence-electron chi connectivity index (χ3n) is 2.98. The van der Waals surface area contributed by atoms with Crippen molar-refractivity contribution in [3.8, 4) is 0 Å². The normalized spacial score (nSPS) is 11.0. The molecule has 0 saturated heterocycles. The second-order valence-corrected chi connectivity index (χ2v) is 5.13. The van der Waals surface area contributed by atoms with Crippen LogP contribution in [0.5, 0.6) is 0 Å². The Hall–Kier alpha value is -2.01. The summed E-state index contributed by atoms with van der Waals surface area (Å²) in [6.45, 7) is 0.456. The van der Waals surface area contributed by atoms with E-state index in [-0.39, 0.29) is 5.76 Å². The van der Waals surface area contributed by atoms with Crippen LogP contribution in [0.2, 0.25) is 0 Å². The molecule has 2 N–H and O–H groups in total. The van der Waals surface area contributed by atoms with Gasteiger partial charge in [0.25, 0.3) is 0 Å². The van der Waals surface area contributed by atoms with E-state index in [9.17, 15) is 4.79 Å². The first-order valence-electron chi connectivity index (χ1n) is 5.77. The molecule has 0 fully saturated rings. The molecule has 1 heterocycles. The number of benzene rings is 2. The molecule has 4 nitrogen and oxygen atoms in total. The molecule has 19 heavy (non-hydrogen) atoms. The summed E-state index contributed by atoms with van der Waals surface area (Å²) in [7, 11) is 0. The first kappa shape index (κ1) is 12.0. The number of nitrogens with zero attached hydrogens (tertiary/aromatic N) is 1. The van der Waals surface area contributed by atoms with Crippen LogP contribution in [0.15, 0.2) is 56.1 Å². The Morgan fingerprint density at radius 3 is 2.79 bits per heavy atom. The minimum atomic E-state index is -0.378. The van der Waals surface area contributed by atoms with E-state index < -0.39 is 0 Å². The summed E-state index contributed by atoms with van der Waals surface area (Å²) in [6.07, 6.45) is 0. The molecule has 1 aromatic heterocycles. The Morgan fingerprint density at radius 1 is 1.21 bits per heavy atom. The van der Waals surface area contributed by atoms with Crippen LogP contribution in [-0.2, 0) is 6.54 Å². The number of hydrogen-bond acceptors (Lipinski definition) is 3. The van der Waals surface area contributed by atoms with Crippen LogP contribution in [-0.4, -0.2) is 4.57 Å². The molecular formula is C14H11BrN2O2. The highest BCUT2D eigenvalue weighted by Gasteiger charge is 2.10. The summed E-state index contributed by atoms with van der Waals surface area (Å²) >= 11 is 3.48. The molecule has 0 atom stereocenters. The smallest absolute Gasteiger partial charge is 0.408 e. The number of aromatic nitrogens is 1. The third-order valence-corrected chi connectivity index (χ3v) is 3.75. The molecule has 2 aromatic carbocycles. The zero-order chi connectivity index (χ0) is 13.4. The van der Waals surface area contributed by atoms with Crippen LogP contribution < -0.4 is 11.5 Å². The molecule has 5 heteroatoms. The van der Waals surface area contributed by atoms with Gasteiger partial charge in [-0.05, 0) is 23.8 Å². The second kappa shape index (κ2) is 4.59. The predicted molar refractivity (Wildman–Crippen MR) is 78.1 cm³/mol. The average molecular weight is 319 g/mol. The van der Waals surface area contributed by atoms with Gasteiger partial charge in [0.15, 0.2) is 5.58 Å². The van der Waals surface area contributed by atoms with Crippen molar-refractivity contribution in [1.29, 1.82) is 0 Å². The summed E-state index contributed by atoms with van der Waals surface area (Å²) in [5, 5.41) is 0. The lowest BCUT2D eigenvalue weighted by Crippen LogP contribution is -2.15. The van der Waals surface area contributed by atoms with Crippen molar-refractivity contribution in [3.05, 3.63) is 63.1 Å². The van der Waals surface area contributed by atoms with Gasteiger partial charge in [0, 0.05) is 16.2 Å². The molecule has 0 saturated carbocycles. The van der Waals surface area contributed by atoms with E-state index in [1.807, 2.05) is 24.3 Å². The predicted octanol–water partition coefficient (Wildman–Crippen LogP) is 2.99. The van der Waals surface area contributed by atoms with E-state index in [0.717, 1.165) is 15.6 Å². The topological polar surface area (TPSA) is 61.2 Å². The van der Waals surface area contributed by atoms with E-state index in [0.29, 0.717) is 17.8 Å². The number of anilines is 1. The van der Waals surface area contributed by atoms with E-state index in [1.54, 1.807) is 22.8 Å². The quantitative estimate of drug-likeness (QED) is 0.739. The Bertz CT molecular complexity index is 805. The van der Waals surface area contributed by atoms with Gasteiger partial charge < -0.3 is 10.2 Å². The molecule has 3 rings (SSSR count). The molecule has 0 aliphatic carbocycles. The Balaban J connectivity index is 2.13. The van der Waals surface area contributed by atoms with Crippen molar-refractivity contribution in [2.45, 2.75) is 6.54 Å². The molecule has 0 bridgehead atoms. The lowest BCUT2D eigenvalue weighted by Gasteiger charge is -2.05. The zero-order valence-electron chi connectivity index (χ0n) is 9.97. The Morgan fingerprint density at radius 2 is 2.00 bits per heavy atom. The molecule has 0 amide bonds. The minimum Gasteiger partial charge on any atom is -0.408 e. The fourth-order valence-corrected chi connectivity index (χ4v) is 2.44. The van der Waals surface area contributed by atoms with E-state index >= 15 is 0 Å². The summed E-state index contributed by atoms with van der Waals surface area (Å²) < 4.78 is 7.76. The van der Waals surface area contributed by atoms with Crippen molar-refractivity contribution in [3.63, 3.8) is 0 Å². The molecule has 0 unspecified atom stereocenters. The van der Waals surface area contributed by atoms with Crippen molar-refractivity contribution in [2.75, 3.05) is 5.73 Å². The van der Waals surface area contributed by atoms with E-state index in [1.165, 1.54) is 0 Å². The second-order valence-electron chi connectivity index (χ2n) is 4.27. The number of nitrogen functional groups attached to an aromatic ring is 1. The number of nitrogens with two attached hydrogens (primary N) is 1. The SMILES string of the molecule is Nc1ccc2c(c1)oc(=O)n2Cc1ccccc1Br. The molecule has 3 aromatic rings. The summed E-state index contributed by atoms with van der Waals surface area (Å²) in [4.78, 5) is 11.9.